The molecule has 1 N–H and O–H groups in total. The third kappa shape index (κ3) is 5.31. The summed E-state index contributed by atoms with van der Waals surface area (Å²) in [6, 6.07) is 24.1. The van der Waals surface area contributed by atoms with E-state index in [1.165, 1.54) is 11.0 Å². The first-order valence-electron chi connectivity index (χ1n) is 8.35. The van der Waals surface area contributed by atoms with Crippen LogP contribution in [0.4, 0.5) is 16.2 Å². The van der Waals surface area contributed by atoms with Gasteiger partial charge in [0.05, 0.1) is 16.8 Å². The van der Waals surface area contributed by atoms with Crippen molar-refractivity contribution in [3.63, 3.8) is 0 Å². The minimum absolute atomic E-state index is 0.554. The predicted molar refractivity (Wildman–Crippen MR) is 116 cm³/mol. The Balaban J connectivity index is 1.84. The van der Waals surface area contributed by atoms with Gasteiger partial charge in [-0.1, -0.05) is 64.5 Å². The Morgan fingerprint density at radius 1 is 0.821 bits per heavy atom. The number of nitrogens with zero attached hydrogens (tertiary/aromatic N) is 1. The minimum atomic E-state index is -3.98. The van der Waals surface area contributed by atoms with Gasteiger partial charge in [0.1, 0.15) is 0 Å². The predicted octanol–water partition coefficient (Wildman–Crippen LogP) is 5.30. The van der Waals surface area contributed by atoms with Gasteiger partial charge in [-0.3, -0.25) is 4.90 Å². The van der Waals surface area contributed by atoms with Gasteiger partial charge in [0.25, 0.3) is 10.0 Å². The third-order valence-corrected chi connectivity index (χ3v) is 5.25. The van der Waals surface area contributed by atoms with Crippen molar-refractivity contribution in [2.24, 2.45) is 0 Å². The van der Waals surface area contributed by atoms with E-state index in [1.807, 2.05) is 12.1 Å². The van der Waals surface area contributed by atoms with Gasteiger partial charge >= 0.3 is 6.03 Å². The highest BCUT2D eigenvalue weighted by atomic mass is 79.9. The Hall–Kier alpha value is -2.90. The van der Waals surface area contributed by atoms with Crippen molar-refractivity contribution in [3.05, 3.63) is 100 Å². The number of hydrogen-bond donors (Lipinski definition) is 1. The van der Waals surface area contributed by atoms with Crippen molar-refractivity contribution in [2.45, 2.75) is 0 Å². The number of para-hydroxylation sites is 2. The largest absolute Gasteiger partial charge is 0.340 e. The van der Waals surface area contributed by atoms with Crippen LogP contribution in [0.1, 0.15) is 5.56 Å². The van der Waals surface area contributed by atoms with Crippen molar-refractivity contribution < 1.29 is 13.2 Å². The Morgan fingerprint density at radius 3 is 1.82 bits per heavy atom. The molecule has 0 saturated carbocycles. The summed E-state index contributed by atoms with van der Waals surface area (Å²) >= 11 is 3.32. The zero-order valence-corrected chi connectivity index (χ0v) is 17.1. The number of nitrogens with one attached hydrogen (secondary N) is 1. The van der Waals surface area contributed by atoms with Crippen molar-refractivity contribution in [1.82, 2.24) is 4.72 Å². The molecule has 0 aliphatic rings. The second kappa shape index (κ2) is 8.86. The van der Waals surface area contributed by atoms with E-state index in [9.17, 15) is 13.2 Å². The Bertz CT molecular complexity index is 1030. The second-order valence-corrected chi connectivity index (χ2v) is 8.30. The highest BCUT2D eigenvalue weighted by molar-refractivity contribution is 9.10. The lowest BCUT2D eigenvalue weighted by Crippen LogP contribution is -2.39. The van der Waals surface area contributed by atoms with Crippen molar-refractivity contribution in [1.29, 1.82) is 0 Å². The molecule has 3 rings (SSSR count). The molecule has 7 heteroatoms. The van der Waals surface area contributed by atoms with Gasteiger partial charge in [-0.15, -0.1) is 0 Å². The van der Waals surface area contributed by atoms with Gasteiger partial charge in [-0.05, 0) is 48.0 Å². The molecule has 0 saturated heterocycles. The first-order valence-corrected chi connectivity index (χ1v) is 10.7. The number of benzene rings is 3. The van der Waals surface area contributed by atoms with Crippen LogP contribution in [0.15, 0.2) is 94.8 Å². The maximum absolute atomic E-state index is 12.8. The molecule has 3 aromatic carbocycles. The van der Waals surface area contributed by atoms with E-state index in [4.69, 9.17) is 0 Å². The van der Waals surface area contributed by atoms with Crippen LogP contribution in [-0.4, -0.2) is 14.4 Å². The number of sulfonamides is 1. The molecule has 0 aromatic heterocycles. The van der Waals surface area contributed by atoms with Gasteiger partial charge in [-0.2, -0.15) is 0 Å². The quantitative estimate of drug-likeness (QED) is 0.566. The monoisotopic (exact) mass is 456 g/mol. The van der Waals surface area contributed by atoms with Crippen LogP contribution in [0.3, 0.4) is 0 Å². The number of anilines is 2. The molecule has 0 atom stereocenters. The fourth-order valence-corrected chi connectivity index (χ4v) is 3.48. The van der Waals surface area contributed by atoms with E-state index in [-0.39, 0.29) is 0 Å². The minimum Gasteiger partial charge on any atom is -0.262 e. The molecule has 3 aromatic rings. The number of amides is 2. The molecular weight excluding hydrogens is 440 g/mol. The van der Waals surface area contributed by atoms with Crippen LogP contribution >= 0.6 is 15.9 Å². The molecule has 0 spiro atoms. The summed E-state index contributed by atoms with van der Waals surface area (Å²) in [5.74, 6) is 0. The Morgan fingerprint density at radius 2 is 1.32 bits per heavy atom. The second-order valence-electron chi connectivity index (χ2n) is 5.81. The van der Waals surface area contributed by atoms with Crippen LogP contribution in [0.2, 0.25) is 0 Å². The number of carbonyl (C=O) groups is 1. The normalized spacial score (nSPS) is 11.3. The molecule has 0 unspecified atom stereocenters. The SMILES string of the molecule is O=C(NS(=O)(=O)/C=C/c1ccc(Br)cc1)N(c1ccccc1)c1ccccc1. The van der Waals surface area contributed by atoms with E-state index < -0.39 is 16.1 Å². The maximum atomic E-state index is 12.8. The van der Waals surface area contributed by atoms with E-state index in [0.717, 1.165) is 9.88 Å². The topological polar surface area (TPSA) is 66.5 Å². The Kier molecular flexibility index (Phi) is 6.28. The fourth-order valence-electron chi connectivity index (χ4n) is 2.48. The number of rotatable bonds is 5. The molecule has 0 radical (unpaired) electrons. The zero-order chi connectivity index (χ0) is 20.0. The van der Waals surface area contributed by atoms with E-state index in [2.05, 4.69) is 20.7 Å². The molecule has 28 heavy (non-hydrogen) atoms. The van der Waals surface area contributed by atoms with Gasteiger partial charge in [0.2, 0.25) is 0 Å². The number of halogens is 1. The lowest BCUT2D eigenvalue weighted by molar-refractivity contribution is 0.253. The third-order valence-electron chi connectivity index (χ3n) is 3.77. The number of hydrogen-bond acceptors (Lipinski definition) is 3. The number of carbonyl (C=O) groups excluding carboxylic acids is 1. The van der Waals surface area contributed by atoms with Gasteiger partial charge in [-0.25, -0.2) is 17.9 Å². The van der Waals surface area contributed by atoms with Crippen LogP contribution in [0.25, 0.3) is 6.08 Å². The van der Waals surface area contributed by atoms with E-state index in [1.54, 1.807) is 72.8 Å². The first-order chi connectivity index (χ1) is 13.4. The Labute approximate surface area is 172 Å². The average molecular weight is 457 g/mol. The molecule has 0 heterocycles. The summed E-state index contributed by atoms with van der Waals surface area (Å²) < 4.78 is 27.8. The fraction of sp³-hybridized carbons (Fsp3) is 0. The lowest BCUT2D eigenvalue weighted by Gasteiger charge is -2.22. The van der Waals surface area contributed by atoms with E-state index >= 15 is 0 Å². The van der Waals surface area contributed by atoms with Gasteiger partial charge in [0.15, 0.2) is 0 Å². The molecule has 0 bridgehead atoms. The van der Waals surface area contributed by atoms with Crippen molar-refractivity contribution >= 4 is 49.4 Å². The molecule has 2 amide bonds. The van der Waals surface area contributed by atoms with E-state index in [0.29, 0.717) is 16.9 Å². The molecule has 5 nitrogen and oxygen atoms in total. The summed E-state index contributed by atoms with van der Waals surface area (Å²) in [6.45, 7) is 0. The summed E-state index contributed by atoms with van der Waals surface area (Å²) in [5.41, 5.74) is 1.81. The van der Waals surface area contributed by atoms with Crippen molar-refractivity contribution in [2.75, 3.05) is 4.90 Å². The van der Waals surface area contributed by atoms with Crippen LogP contribution < -0.4 is 9.62 Å². The smallest absolute Gasteiger partial charge is 0.262 e. The van der Waals surface area contributed by atoms with Crippen LogP contribution in [0.5, 0.6) is 0 Å². The summed E-state index contributed by atoms with van der Waals surface area (Å²) in [5, 5.41) is 0.975. The molecule has 142 valence electrons. The lowest BCUT2D eigenvalue weighted by atomic mass is 10.2. The maximum Gasteiger partial charge on any atom is 0.340 e. The summed E-state index contributed by atoms with van der Waals surface area (Å²) in [7, 11) is -3.98. The van der Waals surface area contributed by atoms with Crippen molar-refractivity contribution in [3.8, 4) is 0 Å². The standard InChI is InChI=1S/C21H17BrN2O3S/c22-18-13-11-17(12-14-18)15-16-28(26,27)23-21(25)24(19-7-3-1-4-8-19)20-9-5-2-6-10-20/h1-16H,(H,23,25)/b16-15+. The highest BCUT2D eigenvalue weighted by Crippen LogP contribution is 2.25. The molecule has 0 aliphatic heterocycles. The van der Waals surface area contributed by atoms with Crippen LogP contribution in [-0.2, 0) is 10.0 Å². The first kappa shape index (κ1) is 19.9. The zero-order valence-electron chi connectivity index (χ0n) is 14.7. The van der Waals surface area contributed by atoms with Crippen LogP contribution in [0, 0.1) is 0 Å². The molecular formula is C21H17BrN2O3S. The summed E-state index contributed by atoms with van der Waals surface area (Å²) in [4.78, 5) is 14.1. The highest BCUT2D eigenvalue weighted by Gasteiger charge is 2.21. The molecule has 0 aliphatic carbocycles. The van der Waals surface area contributed by atoms with Gasteiger partial charge in [0, 0.05) is 4.47 Å². The molecule has 0 fully saturated rings. The van der Waals surface area contributed by atoms with Gasteiger partial charge < -0.3 is 0 Å². The average Bonchev–Trinajstić information content (AvgIpc) is 2.69. The summed E-state index contributed by atoms with van der Waals surface area (Å²) in [6.07, 6.45) is 1.43. The number of urea groups is 1.